The molecule has 0 aliphatic carbocycles. The molecule has 0 unspecified atom stereocenters. The van der Waals surface area contributed by atoms with Crippen LogP contribution in [0.3, 0.4) is 0 Å². The van der Waals surface area contributed by atoms with Gasteiger partial charge in [0.1, 0.15) is 0 Å². The normalized spacial score (nSPS) is 11.7. The van der Waals surface area contributed by atoms with E-state index in [1.807, 2.05) is 0 Å². The molecule has 1 nitrogen and oxygen atoms in total. The van der Waals surface area contributed by atoms with E-state index >= 15 is 0 Å². The first kappa shape index (κ1) is 17.9. The molecular formula is C16H28IN. The highest BCUT2D eigenvalue weighted by Crippen LogP contribution is 2.17. The van der Waals surface area contributed by atoms with Crippen LogP contribution in [-0.2, 0) is 6.42 Å². The van der Waals surface area contributed by atoms with E-state index in [9.17, 15) is 0 Å². The highest BCUT2D eigenvalue weighted by molar-refractivity contribution is 5.14. The number of rotatable bonds is 6. The maximum Gasteiger partial charge on any atom is 0.0833 e. The molecule has 104 valence electrons. The van der Waals surface area contributed by atoms with Crippen molar-refractivity contribution < 1.29 is 28.5 Å². The van der Waals surface area contributed by atoms with Crippen molar-refractivity contribution in [2.45, 2.75) is 52.6 Å². The Hall–Kier alpha value is -0.0900. The van der Waals surface area contributed by atoms with Crippen LogP contribution in [0.2, 0.25) is 0 Å². The summed E-state index contributed by atoms with van der Waals surface area (Å²) in [6, 6.07) is 12.2. The predicted octanol–water partition coefficient (Wildman–Crippen LogP) is 0.887. The molecule has 0 saturated carbocycles. The van der Waals surface area contributed by atoms with Gasteiger partial charge in [0.2, 0.25) is 0 Å². The Bertz CT molecular complexity index is 311. The Balaban J connectivity index is 0.00000289. The molecule has 1 aromatic rings. The molecule has 2 heteroatoms. The largest absolute Gasteiger partial charge is 1.00 e. The minimum Gasteiger partial charge on any atom is -1.00 e. The first-order valence-electron chi connectivity index (χ1n) is 6.85. The summed E-state index contributed by atoms with van der Waals surface area (Å²) in [5.74, 6) is 0. The van der Waals surface area contributed by atoms with E-state index in [0.29, 0.717) is 12.1 Å². The number of nitrogens with zero attached hydrogens (tertiary/aromatic N) is 1. The van der Waals surface area contributed by atoms with Gasteiger partial charge in [0.15, 0.2) is 0 Å². The van der Waals surface area contributed by atoms with Crippen LogP contribution >= 0.6 is 0 Å². The van der Waals surface area contributed by atoms with Gasteiger partial charge in [-0.15, -0.1) is 0 Å². The third kappa shape index (κ3) is 4.88. The van der Waals surface area contributed by atoms with Gasteiger partial charge in [0.05, 0.1) is 25.7 Å². The van der Waals surface area contributed by atoms with E-state index in [1.165, 1.54) is 29.4 Å². The molecule has 0 heterocycles. The summed E-state index contributed by atoms with van der Waals surface area (Å²) < 4.78 is 1.17. The molecule has 0 aromatic heterocycles. The van der Waals surface area contributed by atoms with E-state index in [-0.39, 0.29) is 24.0 Å². The minimum atomic E-state index is 0. The predicted molar refractivity (Wildman–Crippen MR) is 76.1 cm³/mol. The zero-order chi connectivity index (χ0) is 12.9. The van der Waals surface area contributed by atoms with Gasteiger partial charge in [0, 0.05) is 6.42 Å². The topological polar surface area (TPSA) is 0 Å². The van der Waals surface area contributed by atoms with Crippen LogP contribution in [0.4, 0.5) is 0 Å². The summed E-state index contributed by atoms with van der Waals surface area (Å²) in [5, 5.41) is 0. The third-order valence-electron chi connectivity index (χ3n) is 4.31. The fourth-order valence-corrected chi connectivity index (χ4v) is 2.38. The second kappa shape index (κ2) is 8.16. The van der Waals surface area contributed by atoms with Gasteiger partial charge in [-0.1, -0.05) is 30.3 Å². The number of quaternary nitrogens is 1. The van der Waals surface area contributed by atoms with Crippen LogP contribution in [0.15, 0.2) is 30.3 Å². The lowest BCUT2D eigenvalue weighted by Gasteiger charge is -2.42. The SMILES string of the molecule is CC(C)[N+](C)(CCCc1ccccc1)C(C)C.[I-]. The number of benzene rings is 1. The molecule has 0 aliphatic heterocycles. The van der Waals surface area contributed by atoms with E-state index in [1.54, 1.807) is 0 Å². The van der Waals surface area contributed by atoms with Crippen LogP contribution in [0, 0.1) is 0 Å². The van der Waals surface area contributed by atoms with Gasteiger partial charge in [-0.3, -0.25) is 0 Å². The molecule has 0 bridgehead atoms. The fraction of sp³-hybridized carbons (Fsp3) is 0.625. The molecule has 18 heavy (non-hydrogen) atoms. The van der Waals surface area contributed by atoms with Gasteiger partial charge in [0.25, 0.3) is 0 Å². The zero-order valence-corrected chi connectivity index (χ0v) is 14.6. The number of halogens is 1. The Kier molecular flexibility index (Phi) is 8.11. The summed E-state index contributed by atoms with van der Waals surface area (Å²) in [6.07, 6.45) is 2.48. The van der Waals surface area contributed by atoms with Crippen molar-refractivity contribution in [1.29, 1.82) is 0 Å². The average molecular weight is 361 g/mol. The van der Waals surface area contributed by atoms with Crippen LogP contribution in [0.5, 0.6) is 0 Å². The fourth-order valence-electron chi connectivity index (χ4n) is 2.38. The molecule has 0 aliphatic rings. The molecule has 0 saturated heterocycles. The van der Waals surface area contributed by atoms with E-state index in [0.717, 1.165) is 0 Å². The summed E-state index contributed by atoms with van der Waals surface area (Å²) in [7, 11) is 2.39. The molecule has 1 rings (SSSR count). The van der Waals surface area contributed by atoms with Crippen LogP contribution in [-0.4, -0.2) is 30.2 Å². The van der Waals surface area contributed by atoms with Crippen molar-refractivity contribution in [3.05, 3.63) is 35.9 Å². The maximum atomic E-state index is 2.39. The number of hydrogen-bond acceptors (Lipinski definition) is 0. The van der Waals surface area contributed by atoms with Gasteiger partial charge in [-0.2, -0.15) is 0 Å². The molecule has 0 radical (unpaired) electrons. The first-order chi connectivity index (χ1) is 7.97. The molecule has 0 fully saturated rings. The van der Waals surface area contributed by atoms with Gasteiger partial charge < -0.3 is 28.5 Å². The molecular weight excluding hydrogens is 333 g/mol. The van der Waals surface area contributed by atoms with Crippen LogP contribution in [0.25, 0.3) is 0 Å². The van der Waals surface area contributed by atoms with Crippen molar-refractivity contribution in [3.8, 4) is 0 Å². The van der Waals surface area contributed by atoms with Gasteiger partial charge in [-0.25, -0.2) is 0 Å². The summed E-state index contributed by atoms with van der Waals surface area (Å²) in [6.45, 7) is 10.6. The molecule has 0 atom stereocenters. The molecule has 0 N–H and O–H groups in total. The Labute approximate surface area is 130 Å². The number of hydrogen-bond donors (Lipinski definition) is 0. The maximum absolute atomic E-state index is 2.39. The van der Waals surface area contributed by atoms with E-state index in [2.05, 4.69) is 65.1 Å². The lowest BCUT2D eigenvalue weighted by Crippen LogP contribution is -3.00. The molecule has 1 aromatic carbocycles. The lowest BCUT2D eigenvalue weighted by molar-refractivity contribution is -0.949. The van der Waals surface area contributed by atoms with E-state index < -0.39 is 0 Å². The van der Waals surface area contributed by atoms with Gasteiger partial charge >= 0.3 is 0 Å². The minimum absolute atomic E-state index is 0. The quantitative estimate of drug-likeness (QED) is 0.522. The lowest BCUT2D eigenvalue weighted by atomic mass is 10.1. The Morgan fingerprint density at radius 1 is 0.944 bits per heavy atom. The second-order valence-corrected chi connectivity index (χ2v) is 5.85. The second-order valence-electron chi connectivity index (χ2n) is 5.85. The first-order valence-corrected chi connectivity index (χ1v) is 6.85. The van der Waals surface area contributed by atoms with Crippen LogP contribution < -0.4 is 24.0 Å². The monoisotopic (exact) mass is 361 g/mol. The van der Waals surface area contributed by atoms with E-state index in [4.69, 9.17) is 0 Å². The smallest absolute Gasteiger partial charge is 0.0833 e. The number of aryl methyl sites for hydroxylation is 1. The van der Waals surface area contributed by atoms with Crippen molar-refractivity contribution in [1.82, 2.24) is 0 Å². The Morgan fingerprint density at radius 2 is 1.44 bits per heavy atom. The standard InChI is InChI=1S/C16H28N.HI/c1-14(2)17(5,15(3)4)13-9-12-16-10-7-6-8-11-16;/h6-8,10-11,14-15H,9,12-13H2,1-5H3;1H/q+1;/p-1. The zero-order valence-electron chi connectivity index (χ0n) is 12.5. The summed E-state index contributed by atoms with van der Waals surface area (Å²) >= 11 is 0. The van der Waals surface area contributed by atoms with Crippen molar-refractivity contribution >= 4 is 0 Å². The third-order valence-corrected chi connectivity index (χ3v) is 4.31. The summed E-state index contributed by atoms with van der Waals surface area (Å²) in [5.41, 5.74) is 1.46. The average Bonchev–Trinajstić information content (AvgIpc) is 2.29. The molecule has 0 amide bonds. The van der Waals surface area contributed by atoms with Gasteiger partial charge in [-0.05, 0) is 39.7 Å². The van der Waals surface area contributed by atoms with Crippen molar-refractivity contribution in [3.63, 3.8) is 0 Å². The highest BCUT2D eigenvalue weighted by Gasteiger charge is 2.28. The summed E-state index contributed by atoms with van der Waals surface area (Å²) in [4.78, 5) is 0. The highest BCUT2D eigenvalue weighted by atomic mass is 127. The van der Waals surface area contributed by atoms with Crippen LogP contribution in [0.1, 0.15) is 39.7 Å². The molecule has 0 spiro atoms. The van der Waals surface area contributed by atoms with Crippen molar-refractivity contribution in [2.75, 3.05) is 13.6 Å². The Morgan fingerprint density at radius 3 is 1.89 bits per heavy atom. The van der Waals surface area contributed by atoms with Crippen molar-refractivity contribution in [2.24, 2.45) is 0 Å².